The SMILES string of the molecule is O=C(Nc1cccnc1)N1CCC(c2nccc(-c3ccoc3)n2)CC1. The number of amides is 2. The Bertz CT molecular complexity index is 859. The molecule has 0 unspecified atom stereocenters. The van der Waals surface area contributed by atoms with E-state index in [1.807, 2.05) is 23.1 Å². The van der Waals surface area contributed by atoms with Crippen molar-refractivity contribution in [2.24, 2.45) is 0 Å². The van der Waals surface area contributed by atoms with Crippen LogP contribution in [-0.4, -0.2) is 39.0 Å². The Labute approximate surface area is 151 Å². The molecule has 0 bridgehead atoms. The molecule has 132 valence electrons. The lowest BCUT2D eigenvalue weighted by Crippen LogP contribution is -2.40. The van der Waals surface area contributed by atoms with Gasteiger partial charge in [0.05, 0.1) is 30.1 Å². The number of nitrogens with one attached hydrogen (secondary N) is 1. The average molecular weight is 349 g/mol. The summed E-state index contributed by atoms with van der Waals surface area (Å²) >= 11 is 0. The van der Waals surface area contributed by atoms with E-state index in [0.29, 0.717) is 18.8 Å². The van der Waals surface area contributed by atoms with Gasteiger partial charge in [-0.05, 0) is 37.1 Å². The summed E-state index contributed by atoms with van der Waals surface area (Å²) in [7, 11) is 0. The van der Waals surface area contributed by atoms with E-state index in [-0.39, 0.29) is 11.9 Å². The van der Waals surface area contributed by atoms with Crippen LogP contribution < -0.4 is 5.32 Å². The molecule has 1 saturated heterocycles. The number of aromatic nitrogens is 3. The van der Waals surface area contributed by atoms with Crippen molar-refractivity contribution in [2.75, 3.05) is 18.4 Å². The lowest BCUT2D eigenvalue weighted by molar-refractivity contribution is 0.193. The third kappa shape index (κ3) is 3.56. The summed E-state index contributed by atoms with van der Waals surface area (Å²) in [5.41, 5.74) is 2.51. The zero-order chi connectivity index (χ0) is 17.8. The Morgan fingerprint density at radius 3 is 2.81 bits per heavy atom. The fraction of sp³-hybridized carbons (Fsp3) is 0.263. The molecule has 1 aliphatic rings. The summed E-state index contributed by atoms with van der Waals surface area (Å²) < 4.78 is 5.13. The lowest BCUT2D eigenvalue weighted by atomic mass is 9.96. The van der Waals surface area contributed by atoms with E-state index >= 15 is 0 Å². The second-order valence-corrected chi connectivity index (χ2v) is 6.25. The summed E-state index contributed by atoms with van der Waals surface area (Å²) in [6, 6.07) is 7.30. The van der Waals surface area contributed by atoms with Crippen LogP contribution in [0.5, 0.6) is 0 Å². The van der Waals surface area contributed by atoms with Crippen LogP contribution in [0.25, 0.3) is 11.3 Å². The summed E-state index contributed by atoms with van der Waals surface area (Å²) in [5, 5.41) is 2.88. The number of piperidine rings is 1. The molecule has 0 aromatic carbocycles. The molecule has 0 atom stereocenters. The molecule has 7 heteroatoms. The van der Waals surface area contributed by atoms with Crippen molar-refractivity contribution in [1.29, 1.82) is 0 Å². The van der Waals surface area contributed by atoms with Crippen LogP contribution in [0.2, 0.25) is 0 Å². The van der Waals surface area contributed by atoms with Crippen LogP contribution >= 0.6 is 0 Å². The quantitative estimate of drug-likeness (QED) is 0.782. The maximum Gasteiger partial charge on any atom is 0.321 e. The maximum absolute atomic E-state index is 12.4. The number of nitrogens with zero attached hydrogens (tertiary/aromatic N) is 4. The molecule has 0 saturated carbocycles. The number of hydrogen-bond acceptors (Lipinski definition) is 5. The van der Waals surface area contributed by atoms with Gasteiger partial charge in [0.2, 0.25) is 0 Å². The molecule has 0 radical (unpaired) electrons. The minimum atomic E-state index is -0.0930. The highest BCUT2D eigenvalue weighted by molar-refractivity contribution is 5.89. The zero-order valence-electron chi connectivity index (χ0n) is 14.2. The molecule has 3 aromatic rings. The molecule has 1 fully saturated rings. The summed E-state index contributed by atoms with van der Waals surface area (Å²) in [6.45, 7) is 1.35. The molecule has 7 nitrogen and oxygen atoms in total. The van der Waals surface area contributed by atoms with Crippen LogP contribution in [0.1, 0.15) is 24.6 Å². The van der Waals surface area contributed by atoms with Gasteiger partial charge in [-0.2, -0.15) is 0 Å². The number of likely N-dealkylation sites (tertiary alicyclic amines) is 1. The van der Waals surface area contributed by atoms with E-state index in [9.17, 15) is 4.79 Å². The van der Waals surface area contributed by atoms with E-state index in [2.05, 4.69) is 20.3 Å². The molecular formula is C19H19N5O2. The largest absolute Gasteiger partial charge is 0.472 e. The number of carbonyl (C=O) groups is 1. The number of carbonyl (C=O) groups excluding carboxylic acids is 1. The van der Waals surface area contributed by atoms with Crippen molar-refractivity contribution in [3.05, 3.63) is 61.2 Å². The Balaban J connectivity index is 1.38. The molecule has 2 amide bonds. The Morgan fingerprint density at radius 2 is 2.08 bits per heavy atom. The van der Waals surface area contributed by atoms with Crippen molar-refractivity contribution < 1.29 is 9.21 Å². The highest BCUT2D eigenvalue weighted by atomic mass is 16.3. The Hall–Kier alpha value is -3.22. The monoisotopic (exact) mass is 349 g/mol. The van der Waals surface area contributed by atoms with Gasteiger partial charge in [-0.3, -0.25) is 4.98 Å². The predicted octanol–water partition coefficient (Wildman–Crippen LogP) is 3.54. The highest BCUT2D eigenvalue weighted by Crippen LogP contribution is 2.27. The van der Waals surface area contributed by atoms with Gasteiger partial charge in [0.1, 0.15) is 5.82 Å². The van der Waals surface area contributed by atoms with E-state index in [1.54, 1.807) is 37.2 Å². The summed E-state index contributed by atoms with van der Waals surface area (Å²) in [6.07, 6.45) is 10.1. The number of hydrogen-bond donors (Lipinski definition) is 1. The number of furan rings is 1. The van der Waals surface area contributed by atoms with Crippen molar-refractivity contribution in [3.8, 4) is 11.3 Å². The first kappa shape index (κ1) is 16.3. The number of anilines is 1. The molecule has 26 heavy (non-hydrogen) atoms. The third-order valence-corrected chi connectivity index (χ3v) is 4.55. The Kier molecular flexibility index (Phi) is 4.59. The topological polar surface area (TPSA) is 84.2 Å². The van der Waals surface area contributed by atoms with Gasteiger partial charge in [-0.1, -0.05) is 0 Å². The lowest BCUT2D eigenvalue weighted by Gasteiger charge is -2.31. The number of pyridine rings is 1. The van der Waals surface area contributed by atoms with Crippen LogP contribution in [0.3, 0.4) is 0 Å². The minimum Gasteiger partial charge on any atom is -0.472 e. The first-order valence-corrected chi connectivity index (χ1v) is 8.61. The standard InChI is InChI=1S/C19H19N5O2/c25-19(22-16-2-1-7-20-12-16)24-9-4-14(5-10-24)18-21-8-3-17(23-18)15-6-11-26-13-15/h1-3,6-8,11-14H,4-5,9-10H2,(H,22,25). The summed E-state index contributed by atoms with van der Waals surface area (Å²) in [5.74, 6) is 1.08. The normalized spacial score (nSPS) is 15.0. The van der Waals surface area contributed by atoms with Crippen molar-refractivity contribution in [2.45, 2.75) is 18.8 Å². The molecule has 1 aliphatic heterocycles. The van der Waals surface area contributed by atoms with Crippen LogP contribution in [-0.2, 0) is 0 Å². The fourth-order valence-electron chi connectivity index (χ4n) is 3.12. The number of urea groups is 1. The molecule has 4 rings (SSSR count). The first-order chi connectivity index (χ1) is 12.8. The highest BCUT2D eigenvalue weighted by Gasteiger charge is 2.25. The van der Waals surface area contributed by atoms with E-state index in [4.69, 9.17) is 4.42 Å². The Morgan fingerprint density at radius 1 is 1.19 bits per heavy atom. The fourth-order valence-corrected chi connectivity index (χ4v) is 3.12. The smallest absolute Gasteiger partial charge is 0.321 e. The van der Waals surface area contributed by atoms with Gasteiger partial charge in [0, 0.05) is 37.0 Å². The minimum absolute atomic E-state index is 0.0930. The zero-order valence-corrected chi connectivity index (χ0v) is 14.2. The van der Waals surface area contributed by atoms with E-state index in [1.165, 1.54) is 0 Å². The first-order valence-electron chi connectivity index (χ1n) is 8.61. The molecule has 3 aromatic heterocycles. The van der Waals surface area contributed by atoms with Gasteiger partial charge in [0.25, 0.3) is 0 Å². The second kappa shape index (κ2) is 7.35. The van der Waals surface area contributed by atoms with Gasteiger partial charge in [-0.25, -0.2) is 14.8 Å². The van der Waals surface area contributed by atoms with Crippen LogP contribution in [0.15, 0.2) is 59.8 Å². The summed E-state index contributed by atoms with van der Waals surface area (Å²) in [4.78, 5) is 27.3. The molecule has 1 N–H and O–H groups in total. The number of rotatable bonds is 3. The molecule has 0 spiro atoms. The van der Waals surface area contributed by atoms with Crippen molar-refractivity contribution >= 4 is 11.7 Å². The van der Waals surface area contributed by atoms with E-state index in [0.717, 1.165) is 29.9 Å². The predicted molar refractivity (Wildman–Crippen MR) is 96.5 cm³/mol. The van der Waals surface area contributed by atoms with Crippen LogP contribution in [0, 0.1) is 0 Å². The van der Waals surface area contributed by atoms with Gasteiger partial charge >= 0.3 is 6.03 Å². The maximum atomic E-state index is 12.4. The van der Waals surface area contributed by atoms with Crippen molar-refractivity contribution in [1.82, 2.24) is 19.9 Å². The average Bonchev–Trinajstić information content (AvgIpc) is 3.24. The molecule has 4 heterocycles. The van der Waals surface area contributed by atoms with Gasteiger partial charge in [0.15, 0.2) is 0 Å². The van der Waals surface area contributed by atoms with E-state index < -0.39 is 0 Å². The molecule has 0 aliphatic carbocycles. The second-order valence-electron chi connectivity index (χ2n) is 6.25. The van der Waals surface area contributed by atoms with Gasteiger partial charge in [-0.15, -0.1) is 0 Å². The van der Waals surface area contributed by atoms with Gasteiger partial charge < -0.3 is 14.6 Å². The molecular weight excluding hydrogens is 330 g/mol. The third-order valence-electron chi connectivity index (χ3n) is 4.55. The van der Waals surface area contributed by atoms with Crippen LogP contribution in [0.4, 0.5) is 10.5 Å². The van der Waals surface area contributed by atoms with Crippen molar-refractivity contribution in [3.63, 3.8) is 0 Å².